The second-order valence-corrected chi connectivity index (χ2v) is 3.63. The molecule has 0 aromatic heterocycles. The summed E-state index contributed by atoms with van der Waals surface area (Å²) in [6.07, 6.45) is 0. The van der Waals surface area contributed by atoms with E-state index in [9.17, 15) is 10.1 Å². The van der Waals surface area contributed by atoms with E-state index in [2.05, 4.69) is 5.32 Å². The van der Waals surface area contributed by atoms with Crippen molar-refractivity contribution in [3.8, 4) is 5.75 Å². The third-order valence-electron chi connectivity index (χ3n) is 2.44. The summed E-state index contributed by atoms with van der Waals surface area (Å²) in [5, 5.41) is 14.0. The molecule has 1 N–H and O–H groups in total. The van der Waals surface area contributed by atoms with Gasteiger partial charge in [0.2, 0.25) is 0 Å². The molecule has 0 unspecified atom stereocenters. The zero-order valence-corrected chi connectivity index (χ0v) is 9.79. The third kappa shape index (κ3) is 2.57. The van der Waals surface area contributed by atoms with E-state index in [-0.39, 0.29) is 11.4 Å². The van der Waals surface area contributed by atoms with Crippen LogP contribution in [-0.2, 0) is 0 Å². The second-order valence-electron chi connectivity index (χ2n) is 3.63. The zero-order chi connectivity index (χ0) is 13.0. The monoisotopic (exact) mass is 244 g/mol. The maximum absolute atomic E-state index is 10.9. The summed E-state index contributed by atoms with van der Waals surface area (Å²) >= 11 is 0. The molecule has 0 aliphatic carbocycles. The average molecular weight is 244 g/mol. The van der Waals surface area contributed by atoms with Crippen molar-refractivity contribution in [1.29, 1.82) is 0 Å². The number of nitro groups is 1. The van der Waals surface area contributed by atoms with Gasteiger partial charge in [-0.2, -0.15) is 0 Å². The number of ether oxygens (including phenoxy) is 1. The summed E-state index contributed by atoms with van der Waals surface area (Å²) in [6.45, 7) is 0. The van der Waals surface area contributed by atoms with Crippen molar-refractivity contribution in [2.24, 2.45) is 0 Å². The number of hydrogen-bond acceptors (Lipinski definition) is 4. The Balaban J connectivity index is 2.30. The number of hydrogen-bond donors (Lipinski definition) is 1. The standard InChI is InChI=1S/C13H12N2O3/c1-18-13-8-7-11(9-12(13)15(16)17)14-10-5-3-2-4-6-10/h2-9,14H,1H3. The van der Waals surface area contributed by atoms with Gasteiger partial charge in [-0.1, -0.05) is 18.2 Å². The van der Waals surface area contributed by atoms with Crippen LogP contribution in [0.2, 0.25) is 0 Å². The lowest BCUT2D eigenvalue weighted by molar-refractivity contribution is -0.385. The highest BCUT2D eigenvalue weighted by molar-refractivity contribution is 5.65. The largest absolute Gasteiger partial charge is 0.490 e. The van der Waals surface area contributed by atoms with Crippen molar-refractivity contribution in [2.75, 3.05) is 12.4 Å². The number of methoxy groups -OCH3 is 1. The van der Waals surface area contributed by atoms with E-state index in [1.54, 1.807) is 12.1 Å². The first-order valence-corrected chi connectivity index (χ1v) is 5.35. The molecule has 2 rings (SSSR count). The van der Waals surface area contributed by atoms with Crippen LogP contribution in [0.4, 0.5) is 17.1 Å². The highest BCUT2D eigenvalue weighted by atomic mass is 16.6. The van der Waals surface area contributed by atoms with Crippen LogP contribution in [0, 0.1) is 10.1 Å². The molecule has 2 aromatic carbocycles. The summed E-state index contributed by atoms with van der Waals surface area (Å²) in [7, 11) is 1.41. The molecule has 0 heterocycles. The van der Waals surface area contributed by atoms with Crippen molar-refractivity contribution < 1.29 is 9.66 Å². The summed E-state index contributed by atoms with van der Waals surface area (Å²) < 4.78 is 4.94. The van der Waals surface area contributed by atoms with Gasteiger partial charge in [0.1, 0.15) is 0 Å². The minimum atomic E-state index is -0.463. The van der Waals surface area contributed by atoms with Crippen LogP contribution in [0.3, 0.4) is 0 Å². The van der Waals surface area contributed by atoms with Gasteiger partial charge in [0.05, 0.1) is 12.0 Å². The molecule has 18 heavy (non-hydrogen) atoms. The number of para-hydroxylation sites is 1. The topological polar surface area (TPSA) is 64.4 Å². The summed E-state index contributed by atoms with van der Waals surface area (Å²) in [6, 6.07) is 14.2. The van der Waals surface area contributed by atoms with Gasteiger partial charge in [-0.05, 0) is 24.3 Å². The number of nitrogens with one attached hydrogen (secondary N) is 1. The first-order valence-electron chi connectivity index (χ1n) is 5.35. The fraction of sp³-hybridized carbons (Fsp3) is 0.0769. The van der Waals surface area contributed by atoms with Crippen LogP contribution in [0.15, 0.2) is 48.5 Å². The molecule has 0 amide bonds. The molecule has 0 spiro atoms. The molecule has 0 fully saturated rings. The maximum Gasteiger partial charge on any atom is 0.312 e. The van der Waals surface area contributed by atoms with Crippen LogP contribution in [-0.4, -0.2) is 12.0 Å². The van der Waals surface area contributed by atoms with Gasteiger partial charge in [0.15, 0.2) is 5.75 Å². The van der Waals surface area contributed by atoms with Crippen molar-refractivity contribution in [2.45, 2.75) is 0 Å². The molecule has 0 radical (unpaired) electrons. The molecule has 0 saturated heterocycles. The van der Waals surface area contributed by atoms with Gasteiger partial charge in [-0.25, -0.2) is 0 Å². The minimum absolute atomic E-state index is 0.0570. The molecule has 0 aliphatic rings. The number of anilines is 2. The molecular weight excluding hydrogens is 232 g/mol. The maximum atomic E-state index is 10.9. The normalized spacial score (nSPS) is 9.83. The lowest BCUT2D eigenvalue weighted by Gasteiger charge is -2.07. The van der Waals surface area contributed by atoms with Crippen molar-refractivity contribution in [1.82, 2.24) is 0 Å². The van der Waals surface area contributed by atoms with Gasteiger partial charge in [0.25, 0.3) is 0 Å². The van der Waals surface area contributed by atoms with Crippen LogP contribution in [0.5, 0.6) is 5.75 Å². The Morgan fingerprint density at radius 2 is 1.83 bits per heavy atom. The Labute approximate surface area is 104 Å². The zero-order valence-electron chi connectivity index (χ0n) is 9.79. The van der Waals surface area contributed by atoms with Crippen molar-refractivity contribution in [3.05, 3.63) is 58.6 Å². The number of nitro benzene ring substituents is 1. The average Bonchev–Trinajstić information content (AvgIpc) is 2.40. The molecule has 0 aliphatic heterocycles. The summed E-state index contributed by atoms with van der Waals surface area (Å²) in [5.41, 5.74) is 1.46. The summed E-state index contributed by atoms with van der Waals surface area (Å²) in [4.78, 5) is 10.4. The van der Waals surface area contributed by atoms with Gasteiger partial charge < -0.3 is 10.1 Å². The molecule has 0 saturated carbocycles. The van der Waals surface area contributed by atoms with Crippen LogP contribution < -0.4 is 10.1 Å². The van der Waals surface area contributed by atoms with Gasteiger partial charge in [-0.3, -0.25) is 10.1 Å². The Morgan fingerprint density at radius 1 is 1.11 bits per heavy atom. The second kappa shape index (κ2) is 5.18. The molecule has 92 valence electrons. The minimum Gasteiger partial charge on any atom is -0.490 e. The van der Waals surface area contributed by atoms with E-state index in [1.165, 1.54) is 13.2 Å². The molecule has 0 bridgehead atoms. The van der Waals surface area contributed by atoms with Gasteiger partial charge >= 0.3 is 5.69 Å². The molecule has 5 nitrogen and oxygen atoms in total. The van der Waals surface area contributed by atoms with Crippen LogP contribution in [0.1, 0.15) is 0 Å². The Morgan fingerprint density at radius 3 is 2.44 bits per heavy atom. The Bertz CT molecular complexity index is 555. The van der Waals surface area contributed by atoms with Crippen LogP contribution in [0.25, 0.3) is 0 Å². The number of benzene rings is 2. The predicted molar refractivity (Wildman–Crippen MR) is 69.4 cm³/mol. The highest BCUT2D eigenvalue weighted by Crippen LogP contribution is 2.30. The lowest BCUT2D eigenvalue weighted by atomic mass is 10.2. The highest BCUT2D eigenvalue weighted by Gasteiger charge is 2.14. The summed E-state index contributed by atoms with van der Waals surface area (Å²) in [5.74, 6) is 0.249. The molecule has 0 atom stereocenters. The quantitative estimate of drug-likeness (QED) is 0.661. The molecule has 2 aromatic rings. The van der Waals surface area contributed by atoms with Gasteiger partial charge in [-0.15, -0.1) is 0 Å². The number of nitrogens with zero attached hydrogens (tertiary/aromatic N) is 1. The first kappa shape index (κ1) is 11.9. The Hall–Kier alpha value is -2.56. The lowest BCUT2D eigenvalue weighted by Crippen LogP contribution is -1.96. The van der Waals surface area contributed by atoms with Crippen molar-refractivity contribution >= 4 is 17.1 Å². The SMILES string of the molecule is COc1ccc(Nc2ccccc2)cc1[N+](=O)[O-]. The third-order valence-corrected chi connectivity index (χ3v) is 2.44. The number of rotatable bonds is 4. The van der Waals surface area contributed by atoms with E-state index >= 15 is 0 Å². The van der Waals surface area contributed by atoms with E-state index in [0.717, 1.165) is 5.69 Å². The van der Waals surface area contributed by atoms with Gasteiger partial charge in [0, 0.05) is 17.4 Å². The van der Waals surface area contributed by atoms with E-state index in [1.807, 2.05) is 30.3 Å². The first-order chi connectivity index (χ1) is 8.70. The van der Waals surface area contributed by atoms with E-state index in [4.69, 9.17) is 4.74 Å². The van der Waals surface area contributed by atoms with E-state index < -0.39 is 4.92 Å². The predicted octanol–water partition coefficient (Wildman–Crippen LogP) is 3.35. The van der Waals surface area contributed by atoms with Crippen LogP contribution >= 0.6 is 0 Å². The smallest absolute Gasteiger partial charge is 0.312 e. The van der Waals surface area contributed by atoms with E-state index in [0.29, 0.717) is 5.69 Å². The fourth-order valence-electron chi connectivity index (χ4n) is 1.60. The fourth-order valence-corrected chi connectivity index (χ4v) is 1.60. The Kier molecular flexibility index (Phi) is 3.43. The van der Waals surface area contributed by atoms with Crippen molar-refractivity contribution in [3.63, 3.8) is 0 Å². The molecular formula is C13H12N2O3. The molecule has 5 heteroatoms.